The number of aryl methyl sites for hydroxylation is 1. The van der Waals surface area contributed by atoms with E-state index in [1.165, 1.54) is 0 Å². The molecule has 2 aromatic carbocycles. The van der Waals surface area contributed by atoms with Gasteiger partial charge in [-0.3, -0.25) is 9.59 Å². The quantitative estimate of drug-likeness (QED) is 0.818. The summed E-state index contributed by atoms with van der Waals surface area (Å²) in [7, 11) is 0. The van der Waals surface area contributed by atoms with Gasteiger partial charge in [-0.05, 0) is 49.6 Å². The van der Waals surface area contributed by atoms with Crippen molar-refractivity contribution in [1.82, 2.24) is 0 Å². The van der Waals surface area contributed by atoms with Gasteiger partial charge in [0.05, 0.1) is 11.3 Å². The summed E-state index contributed by atoms with van der Waals surface area (Å²) in [5.74, 6) is -0.759. The zero-order chi connectivity index (χ0) is 18.0. The Bertz CT molecular complexity index is 898. The maximum Gasteiger partial charge on any atom is 0.240 e. The molecule has 1 saturated carbocycles. The predicted molar refractivity (Wildman–Crippen MR) is 96.3 cm³/mol. The van der Waals surface area contributed by atoms with Crippen LogP contribution < -0.4 is 10.6 Å². The van der Waals surface area contributed by atoms with E-state index < -0.39 is 11.3 Å². The molecule has 2 aromatic rings. The summed E-state index contributed by atoms with van der Waals surface area (Å²) in [6.45, 7) is 1.87. The van der Waals surface area contributed by atoms with E-state index in [0.717, 1.165) is 5.56 Å². The molecule has 2 amide bonds. The molecular weight excluding hydrogens is 338 g/mol. The molecule has 0 spiro atoms. The normalized spacial score (nSPS) is 14.3. The van der Waals surface area contributed by atoms with Crippen LogP contribution in [0.25, 0.3) is 0 Å². The molecule has 0 bridgehead atoms. The Balaban J connectivity index is 1.75. The second kappa shape index (κ2) is 6.58. The largest absolute Gasteiger partial charge is 0.325 e. The maximum absolute atomic E-state index is 12.6. The van der Waals surface area contributed by atoms with Gasteiger partial charge in [-0.25, -0.2) is 0 Å². The molecule has 25 heavy (non-hydrogen) atoms. The summed E-state index contributed by atoms with van der Waals surface area (Å²) >= 11 is 6.07. The molecule has 1 fully saturated rings. The van der Waals surface area contributed by atoms with Gasteiger partial charge in [-0.2, -0.15) is 5.26 Å². The van der Waals surface area contributed by atoms with E-state index >= 15 is 0 Å². The van der Waals surface area contributed by atoms with Gasteiger partial charge in [0.2, 0.25) is 11.8 Å². The highest BCUT2D eigenvalue weighted by Gasteiger charge is 2.56. The first kappa shape index (κ1) is 17.0. The molecule has 0 atom stereocenters. The first-order valence-electron chi connectivity index (χ1n) is 7.84. The molecule has 3 rings (SSSR count). The van der Waals surface area contributed by atoms with Crippen LogP contribution in [0.1, 0.15) is 24.0 Å². The van der Waals surface area contributed by atoms with E-state index in [2.05, 4.69) is 10.6 Å². The van der Waals surface area contributed by atoms with E-state index in [0.29, 0.717) is 34.8 Å². The number of nitrogens with zero attached hydrogens (tertiary/aromatic N) is 1. The summed E-state index contributed by atoms with van der Waals surface area (Å²) in [6, 6.07) is 13.9. The van der Waals surface area contributed by atoms with E-state index in [1.807, 2.05) is 13.0 Å². The summed E-state index contributed by atoms with van der Waals surface area (Å²) in [5.41, 5.74) is 1.13. The smallest absolute Gasteiger partial charge is 0.240 e. The average molecular weight is 354 g/mol. The van der Waals surface area contributed by atoms with Crippen molar-refractivity contribution in [2.45, 2.75) is 19.8 Å². The van der Waals surface area contributed by atoms with Crippen LogP contribution >= 0.6 is 11.6 Å². The van der Waals surface area contributed by atoms with Crippen molar-refractivity contribution in [3.63, 3.8) is 0 Å². The molecule has 1 aliphatic rings. The molecule has 0 radical (unpaired) electrons. The molecule has 0 aliphatic heterocycles. The Labute approximate surface area is 150 Å². The third-order valence-electron chi connectivity index (χ3n) is 4.34. The Morgan fingerprint density at radius 1 is 1.12 bits per heavy atom. The monoisotopic (exact) mass is 353 g/mol. The van der Waals surface area contributed by atoms with E-state index in [-0.39, 0.29) is 5.91 Å². The molecule has 5 nitrogen and oxygen atoms in total. The van der Waals surface area contributed by atoms with Crippen LogP contribution in [0.15, 0.2) is 42.5 Å². The highest BCUT2D eigenvalue weighted by molar-refractivity contribution is 6.31. The lowest BCUT2D eigenvalue weighted by atomic mass is 10.0. The van der Waals surface area contributed by atoms with E-state index in [1.54, 1.807) is 42.5 Å². The number of para-hydroxylation sites is 1. The Morgan fingerprint density at radius 2 is 1.80 bits per heavy atom. The highest BCUT2D eigenvalue weighted by Crippen LogP contribution is 2.47. The van der Waals surface area contributed by atoms with Gasteiger partial charge < -0.3 is 10.6 Å². The van der Waals surface area contributed by atoms with E-state index in [4.69, 9.17) is 16.9 Å². The number of carbonyl (C=O) groups is 2. The Kier molecular flexibility index (Phi) is 4.47. The number of nitrogens with one attached hydrogen (secondary N) is 2. The minimum Gasteiger partial charge on any atom is -0.325 e. The third kappa shape index (κ3) is 3.35. The fraction of sp³-hybridized carbons (Fsp3) is 0.211. The number of halogens is 1. The fourth-order valence-corrected chi connectivity index (χ4v) is 2.72. The van der Waals surface area contributed by atoms with Crippen LogP contribution in [0, 0.1) is 23.7 Å². The molecule has 2 N–H and O–H groups in total. The van der Waals surface area contributed by atoms with Gasteiger partial charge in [-0.1, -0.05) is 29.8 Å². The molecule has 1 aliphatic carbocycles. The number of hydrogen-bond acceptors (Lipinski definition) is 3. The van der Waals surface area contributed by atoms with Gasteiger partial charge >= 0.3 is 0 Å². The molecule has 0 unspecified atom stereocenters. The number of anilines is 2. The minimum atomic E-state index is -1.10. The minimum absolute atomic E-state index is 0.359. The van der Waals surface area contributed by atoms with Crippen LogP contribution in [0.3, 0.4) is 0 Å². The molecule has 0 saturated heterocycles. The molecule has 0 heterocycles. The van der Waals surface area contributed by atoms with Crippen molar-refractivity contribution >= 4 is 34.8 Å². The van der Waals surface area contributed by atoms with Gasteiger partial charge in [0.15, 0.2) is 0 Å². The Morgan fingerprint density at radius 3 is 2.44 bits per heavy atom. The van der Waals surface area contributed by atoms with Crippen LogP contribution in [-0.4, -0.2) is 11.8 Å². The van der Waals surface area contributed by atoms with Crippen molar-refractivity contribution in [3.8, 4) is 6.07 Å². The van der Waals surface area contributed by atoms with Crippen molar-refractivity contribution in [2.75, 3.05) is 10.6 Å². The first-order chi connectivity index (χ1) is 12.0. The number of nitriles is 1. The zero-order valence-corrected chi connectivity index (χ0v) is 14.4. The van der Waals surface area contributed by atoms with Crippen molar-refractivity contribution in [3.05, 3.63) is 58.6 Å². The number of carbonyl (C=O) groups excluding carboxylic acids is 2. The lowest BCUT2D eigenvalue weighted by molar-refractivity contribution is -0.131. The third-order valence-corrected chi connectivity index (χ3v) is 4.75. The molecule has 0 aromatic heterocycles. The van der Waals surface area contributed by atoms with Crippen LogP contribution in [0.2, 0.25) is 5.02 Å². The first-order valence-corrected chi connectivity index (χ1v) is 8.22. The second-order valence-corrected chi connectivity index (χ2v) is 6.52. The maximum atomic E-state index is 12.6. The SMILES string of the molecule is Cc1ccc(NC(=O)C2(C(=O)Nc3ccccc3C#N)CC2)cc1Cl. The van der Waals surface area contributed by atoms with Crippen LogP contribution in [-0.2, 0) is 9.59 Å². The molecule has 6 heteroatoms. The van der Waals surface area contributed by atoms with Gasteiger partial charge in [0.1, 0.15) is 11.5 Å². The van der Waals surface area contributed by atoms with Crippen LogP contribution in [0.4, 0.5) is 11.4 Å². The number of amides is 2. The lowest BCUT2D eigenvalue weighted by Gasteiger charge is -2.16. The molecule has 126 valence electrons. The molecular formula is C19H16ClN3O2. The predicted octanol–water partition coefficient (Wildman–Crippen LogP) is 3.88. The topological polar surface area (TPSA) is 82.0 Å². The summed E-state index contributed by atoms with van der Waals surface area (Å²) in [4.78, 5) is 25.2. The van der Waals surface area contributed by atoms with E-state index in [9.17, 15) is 9.59 Å². The average Bonchev–Trinajstić information content (AvgIpc) is 3.40. The van der Waals surface area contributed by atoms with Gasteiger partial charge in [0, 0.05) is 10.7 Å². The highest BCUT2D eigenvalue weighted by atomic mass is 35.5. The summed E-state index contributed by atoms with van der Waals surface area (Å²) in [6.07, 6.45) is 0.942. The van der Waals surface area contributed by atoms with Gasteiger partial charge in [0.25, 0.3) is 0 Å². The van der Waals surface area contributed by atoms with Crippen molar-refractivity contribution in [2.24, 2.45) is 5.41 Å². The zero-order valence-electron chi connectivity index (χ0n) is 13.6. The number of rotatable bonds is 4. The Hall–Kier alpha value is -2.84. The van der Waals surface area contributed by atoms with Crippen molar-refractivity contribution < 1.29 is 9.59 Å². The van der Waals surface area contributed by atoms with Gasteiger partial charge in [-0.15, -0.1) is 0 Å². The summed E-state index contributed by atoms with van der Waals surface area (Å²) < 4.78 is 0. The van der Waals surface area contributed by atoms with Crippen molar-refractivity contribution in [1.29, 1.82) is 5.26 Å². The standard InChI is InChI=1S/C19H16ClN3O2/c1-12-6-7-14(10-15(12)20)22-17(24)19(8-9-19)18(25)23-16-5-3-2-4-13(16)11-21/h2-7,10H,8-9H2,1H3,(H,22,24)(H,23,25). The number of benzene rings is 2. The van der Waals surface area contributed by atoms with Crippen LogP contribution in [0.5, 0.6) is 0 Å². The number of hydrogen-bond donors (Lipinski definition) is 2. The lowest BCUT2D eigenvalue weighted by Crippen LogP contribution is -2.35. The summed E-state index contributed by atoms with van der Waals surface area (Å²) in [5, 5.41) is 15.1. The fourth-order valence-electron chi connectivity index (χ4n) is 2.54. The second-order valence-electron chi connectivity index (χ2n) is 6.11.